The van der Waals surface area contributed by atoms with E-state index >= 15 is 0 Å². The molecule has 0 amide bonds. The predicted molar refractivity (Wildman–Crippen MR) is 373 cm³/mol. The number of unbranched alkanes of at least 4 members (excludes halogenated alkanes) is 12. The fourth-order valence-electron chi connectivity index (χ4n) is 13.6. The lowest BCUT2D eigenvalue weighted by Crippen LogP contribution is -2.11. The number of aryl methyl sites for hydroxylation is 4. The van der Waals surface area contributed by atoms with Gasteiger partial charge in [-0.25, -0.2) is 0 Å². The Morgan fingerprint density at radius 1 is 0.268 bits per heavy atom. The SMILES string of the molecule is CCCCCCc1ccc(-c2cc3cc(C(C)(C)C)cc4cc(-c5ccc(CCCCCC)s5)c5c6c(cc2c5c34)cc2c(-c3ccc(CCCCCC)s3)cc3cc(C(C)(C)C)cc4cc(-c5ccc(CCCCCC)s5)c6c2c34)s1. The maximum absolute atomic E-state index is 2.68. The summed E-state index contributed by atoms with van der Waals surface area (Å²) < 4.78 is 0. The molecule has 0 atom stereocenters. The highest BCUT2D eigenvalue weighted by molar-refractivity contribution is 7.16. The minimum absolute atomic E-state index is 0.0132. The van der Waals surface area contributed by atoms with Crippen molar-refractivity contribution >= 4 is 121 Å². The molecule has 12 rings (SSSR count). The van der Waals surface area contributed by atoms with E-state index in [1.54, 1.807) is 0 Å². The molecule has 0 unspecified atom stereocenters. The topological polar surface area (TPSA) is 0 Å². The molecule has 4 aromatic heterocycles. The Hall–Kier alpha value is -5.10. The van der Waals surface area contributed by atoms with Crippen LogP contribution in [0.2, 0.25) is 0 Å². The van der Waals surface area contributed by atoms with E-state index in [1.807, 2.05) is 22.7 Å². The van der Waals surface area contributed by atoms with Gasteiger partial charge >= 0.3 is 0 Å². The van der Waals surface area contributed by atoms with Crippen molar-refractivity contribution in [2.75, 3.05) is 0 Å². The van der Waals surface area contributed by atoms with Crippen LogP contribution in [0.3, 0.4) is 0 Å². The highest BCUT2D eigenvalue weighted by Gasteiger charge is 2.29. The Morgan fingerprint density at radius 3 is 0.841 bits per heavy atom. The van der Waals surface area contributed by atoms with Crippen LogP contribution in [-0.4, -0.2) is 0 Å². The number of benzene rings is 8. The maximum Gasteiger partial charge on any atom is 0.0352 e. The summed E-state index contributed by atoms with van der Waals surface area (Å²) in [5.41, 5.74) is 8.33. The van der Waals surface area contributed by atoms with Crippen LogP contribution in [0.4, 0.5) is 0 Å². The van der Waals surface area contributed by atoms with Gasteiger partial charge in [0.15, 0.2) is 0 Å². The fourth-order valence-corrected chi connectivity index (χ4v) is 17.9. The molecule has 0 saturated heterocycles. The zero-order valence-electron chi connectivity index (χ0n) is 51.2. The zero-order chi connectivity index (χ0) is 56.9. The van der Waals surface area contributed by atoms with Gasteiger partial charge in [0.05, 0.1) is 0 Å². The molecule has 4 heteroatoms. The summed E-state index contributed by atoms with van der Waals surface area (Å²) in [4.78, 5) is 11.6. The zero-order valence-corrected chi connectivity index (χ0v) is 54.4. The van der Waals surface area contributed by atoms with Gasteiger partial charge in [-0.05, 0) is 223 Å². The smallest absolute Gasteiger partial charge is 0.0352 e. The third-order valence-corrected chi connectivity index (χ3v) is 22.9. The van der Waals surface area contributed by atoms with Gasteiger partial charge in [0.1, 0.15) is 0 Å². The quantitative estimate of drug-likeness (QED) is 0.0321. The Balaban J connectivity index is 1.25. The Bertz CT molecular complexity index is 3880. The largest absolute Gasteiger partial charge is 0.140 e. The summed E-state index contributed by atoms with van der Waals surface area (Å²) in [6.45, 7) is 23.7. The minimum Gasteiger partial charge on any atom is -0.140 e. The first-order chi connectivity index (χ1) is 39.7. The van der Waals surface area contributed by atoms with Gasteiger partial charge < -0.3 is 0 Å². The third kappa shape index (κ3) is 11.2. The number of fused-ring (bicyclic) bond motifs is 3. The normalized spacial score (nSPS) is 12.8. The molecule has 12 aromatic rings. The van der Waals surface area contributed by atoms with Gasteiger partial charge in [0, 0.05) is 72.0 Å². The number of thiophene rings is 4. The lowest BCUT2D eigenvalue weighted by molar-refractivity contribution is 0.591. The van der Waals surface area contributed by atoms with Gasteiger partial charge in [0.25, 0.3) is 0 Å². The van der Waals surface area contributed by atoms with E-state index in [4.69, 9.17) is 0 Å². The second-order valence-corrected chi connectivity index (χ2v) is 31.2. The standard InChI is InChI=1S/C78H88S4/c1-11-15-19-23-27-56-31-35-66(79-56)60-43-49-39-54(77(5,6)7)41-51-47-64(68-37-33-58(81-68)29-25-21-17-13-3)75-72-53(45-62(60)73(75)70(49)51)46-63-61(67-36-32-57(80-67)28-24-20-16-12-2)44-50-40-55(78(8,9)10)42-52-48-65(76(72)74(63)71(50)52)69-38-34-59(82-69)30-26-22-18-14-4/h31-48H,11-30H2,1-10H3. The summed E-state index contributed by atoms with van der Waals surface area (Å²) in [5.74, 6) is 0. The molecule has 4 heterocycles. The van der Waals surface area contributed by atoms with Crippen LogP contribution in [0.5, 0.6) is 0 Å². The van der Waals surface area contributed by atoms with Crippen molar-refractivity contribution in [1.29, 1.82) is 0 Å². The van der Waals surface area contributed by atoms with Crippen LogP contribution in [0.25, 0.3) is 117 Å². The Morgan fingerprint density at radius 2 is 0.549 bits per heavy atom. The summed E-state index contributed by atoms with van der Waals surface area (Å²) in [7, 11) is 0. The lowest BCUT2D eigenvalue weighted by atomic mass is 9.78. The van der Waals surface area contributed by atoms with Crippen molar-refractivity contribution in [3.63, 3.8) is 0 Å². The van der Waals surface area contributed by atoms with Gasteiger partial charge in [0.2, 0.25) is 0 Å². The number of hydrogen-bond donors (Lipinski definition) is 0. The highest BCUT2D eigenvalue weighted by Crippen LogP contribution is 2.56. The molecule has 0 N–H and O–H groups in total. The Kier molecular flexibility index (Phi) is 16.9. The molecular weight excluding hydrogens is 1070 g/mol. The average Bonchev–Trinajstić information content (AvgIpc) is 1.95. The van der Waals surface area contributed by atoms with E-state index in [9.17, 15) is 0 Å². The minimum atomic E-state index is -0.0132. The lowest BCUT2D eigenvalue weighted by Gasteiger charge is -2.26. The van der Waals surface area contributed by atoms with Crippen molar-refractivity contribution in [3.8, 4) is 41.8 Å². The summed E-state index contributed by atoms with van der Waals surface area (Å²) >= 11 is 8.20. The first kappa shape index (κ1) is 57.3. The van der Waals surface area contributed by atoms with Crippen LogP contribution >= 0.6 is 45.3 Å². The van der Waals surface area contributed by atoms with Crippen LogP contribution in [0.15, 0.2) is 109 Å². The van der Waals surface area contributed by atoms with E-state index in [-0.39, 0.29) is 10.8 Å². The van der Waals surface area contributed by atoms with E-state index in [2.05, 4.69) is 201 Å². The molecule has 0 aliphatic heterocycles. The molecule has 0 aliphatic carbocycles. The molecule has 0 fully saturated rings. The highest BCUT2D eigenvalue weighted by atomic mass is 32.1. The van der Waals surface area contributed by atoms with Gasteiger partial charge in [-0.1, -0.05) is 171 Å². The second-order valence-electron chi connectivity index (χ2n) is 26.5. The van der Waals surface area contributed by atoms with Crippen LogP contribution < -0.4 is 0 Å². The Labute approximate surface area is 507 Å². The molecule has 424 valence electrons. The van der Waals surface area contributed by atoms with Crippen molar-refractivity contribution in [2.45, 2.75) is 208 Å². The molecule has 0 bridgehead atoms. The van der Waals surface area contributed by atoms with E-state index in [0.717, 1.165) is 25.7 Å². The van der Waals surface area contributed by atoms with Crippen LogP contribution in [0.1, 0.15) is 203 Å². The van der Waals surface area contributed by atoms with E-state index < -0.39 is 0 Å². The van der Waals surface area contributed by atoms with Crippen molar-refractivity contribution < 1.29 is 0 Å². The maximum atomic E-state index is 2.68. The summed E-state index contributed by atoms with van der Waals surface area (Å²) in [5, 5.41) is 19.6. The van der Waals surface area contributed by atoms with Gasteiger partial charge in [-0.15, -0.1) is 45.3 Å². The molecule has 0 aliphatic rings. The molecule has 0 spiro atoms. The van der Waals surface area contributed by atoms with Crippen LogP contribution in [-0.2, 0) is 36.5 Å². The molecule has 0 radical (unpaired) electrons. The fraction of sp³-hybridized carbons (Fsp3) is 0.410. The van der Waals surface area contributed by atoms with E-state index in [1.165, 1.54) is 251 Å². The molecule has 8 aromatic carbocycles. The van der Waals surface area contributed by atoms with E-state index in [0.29, 0.717) is 0 Å². The molecular formula is C78H88S4. The van der Waals surface area contributed by atoms with Crippen molar-refractivity contribution in [2.24, 2.45) is 0 Å². The van der Waals surface area contributed by atoms with Crippen LogP contribution in [0, 0.1) is 0 Å². The van der Waals surface area contributed by atoms with Gasteiger partial charge in [-0.3, -0.25) is 0 Å². The molecule has 0 saturated carbocycles. The molecule has 82 heavy (non-hydrogen) atoms. The van der Waals surface area contributed by atoms with Gasteiger partial charge in [-0.2, -0.15) is 0 Å². The number of rotatable bonds is 24. The summed E-state index contributed by atoms with van der Waals surface area (Å²) in [6, 6.07) is 46.0. The number of hydrogen-bond acceptors (Lipinski definition) is 4. The summed E-state index contributed by atoms with van der Waals surface area (Å²) in [6.07, 6.45) is 25.1. The van der Waals surface area contributed by atoms with Crippen molar-refractivity contribution in [3.05, 3.63) is 140 Å². The first-order valence-corrected chi connectivity index (χ1v) is 35.3. The monoisotopic (exact) mass is 1150 g/mol. The second kappa shape index (κ2) is 24.1. The molecule has 0 nitrogen and oxygen atoms in total. The third-order valence-electron chi connectivity index (χ3n) is 18.2. The average molecular weight is 1150 g/mol. The predicted octanol–water partition coefficient (Wildman–Crippen LogP) is 26.6. The van der Waals surface area contributed by atoms with Crippen molar-refractivity contribution in [1.82, 2.24) is 0 Å². The first-order valence-electron chi connectivity index (χ1n) is 32.0.